The average molecular weight is 301 g/mol. The highest BCUT2D eigenvalue weighted by Crippen LogP contribution is 2.34. The molecule has 1 saturated carbocycles. The fourth-order valence-electron chi connectivity index (χ4n) is 2.46. The van der Waals surface area contributed by atoms with Crippen LogP contribution in [0.5, 0.6) is 0 Å². The highest BCUT2D eigenvalue weighted by molar-refractivity contribution is 9.10. The van der Waals surface area contributed by atoms with Gasteiger partial charge in [0.1, 0.15) is 0 Å². The highest BCUT2D eigenvalue weighted by Gasteiger charge is 2.33. The topological polar surface area (TPSA) is 15.3 Å². The maximum Gasteiger partial charge on any atom is 0.0329 e. The molecular formula is C12H17BrN2S. The summed E-state index contributed by atoms with van der Waals surface area (Å²) in [5, 5.41) is 5.83. The van der Waals surface area contributed by atoms with Crippen LogP contribution < -0.4 is 5.32 Å². The lowest BCUT2D eigenvalue weighted by Crippen LogP contribution is -2.51. The first kappa shape index (κ1) is 11.2. The molecule has 1 saturated heterocycles. The van der Waals surface area contributed by atoms with E-state index in [9.17, 15) is 0 Å². The Kier molecular flexibility index (Phi) is 3.34. The van der Waals surface area contributed by atoms with Crippen molar-refractivity contribution in [1.82, 2.24) is 10.2 Å². The summed E-state index contributed by atoms with van der Waals surface area (Å²) in [6.45, 7) is 4.72. The zero-order valence-corrected chi connectivity index (χ0v) is 11.7. The van der Waals surface area contributed by atoms with E-state index in [1.54, 1.807) is 0 Å². The van der Waals surface area contributed by atoms with E-state index in [4.69, 9.17) is 0 Å². The minimum Gasteiger partial charge on any atom is -0.311 e. The molecule has 2 nitrogen and oxygen atoms in total. The third-order valence-corrected chi connectivity index (χ3v) is 5.16. The van der Waals surface area contributed by atoms with Gasteiger partial charge >= 0.3 is 0 Å². The molecule has 2 fully saturated rings. The van der Waals surface area contributed by atoms with Gasteiger partial charge in [-0.3, -0.25) is 4.90 Å². The zero-order valence-electron chi connectivity index (χ0n) is 9.29. The molecule has 1 N–H and O–H groups in total. The van der Waals surface area contributed by atoms with Gasteiger partial charge in [0.25, 0.3) is 0 Å². The Morgan fingerprint density at radius 2 is 2.38 bits per heavy atom. The molecule has 1 atom stereocenters. The molecule has 2 heterocycles. The van der Waals surface area contributed by atoms with Crippen LogP contribution in [0.25, 0.3) is 0 Å². The molecule has 1 aliphatic heterocycles. The first-order chi connectivity index (χ1) is 7.81. The maximum atomic E-state index is 3.65. The van der Waals surface area contributed by atoms with E-state index in [0.717, 1.165) is 25.0 Å². The van der Waals surface area contributed by atoms with Crippen molar-refractivity contribution in [2.75, 3.05) is 19.6 Å². The summed E-state index contributed by atoms with van der Waals surface area (Å²) < 4.78 is 1.22. The van der Waals surface area contributed by atoms with Crippen LogP contribution in [0.1, 0.15) is 17.7 Å². The SMILES string of the molecule is Brc1csc(CN2CCNC(C3CC3)C2)c1. The van der Waals surface area contributed by atoms with Crippen LogP contribution in [0.3, 0.4) is 0 Å². The minimum absolute atomic E-state index is 0.761. The molecule has 1 unspecified atom stereocenters. The summed E-state index contributed by atoms with van der Waals surface area (Å²) in [4.78, 5) is 4.07. The number of rotatable bonds is 3. The van der Waals surface area contributed by atoms with E-state index < -0.39 is 0 Å². The molecule has 0 bridgehead atoms. The Balaban J connectivity index is 1.57. The molecule has 0 aromatic carbocycles. The second-order valence-corrected chi connectivity index (χ2v) is 6.78. The standard InChI is InChI=1S/C12H17BrN2S/c13-10-5-11(16-8-10)6-15-4-3-14-12(7-15)9-1-2-9/h5,8-9,12,14H,1-4,6-7H2. The number of hydrogen-bond acceptors (Lipinski definition) is 3. The van der Waals surface area contributed by atoms with Crippen molar-refractivity contribution in [3.8, 4) is 0 Å². The Bertz CT molecular complexity index is 362. The Labute approximate surface area is 109 Å². The van der Waals surface area contributed by atoms with E-state index in [1.807, 2.05) is 11.3 Å². The normalized spacial score (nSPS) is 27.2. The summed E-state index contributed by atoms with van der Waals surface area (Å²) in [7, 11) is 0. The second-order valence-electron chi connectivity index (χ2n) is 4.86. The van der Waals surface area contributed by atoms with Crippen LogP contribution in [0, 0.1) is 5.92 Å². The number of hydrogen-bond donors (Lipinski definition) is 1. The number of nitrogens with one attached hydrogen (secondary N) is 1. The van der Waals surface area contributed by atoms with Crippen molar-refractivity contribution in [2.45, 2.75) is 25.4 Å². The number of piperazine rings is 1. The largest absolute Gasteiger partial charge is 0.311 e. The molecule has 16 heavy (non-hydrogen) atoms. The monoisotopic (exact) mass is 300 g/mol. The lowest BCUT2D eigenvalue weighted by molar-refractivity contribution is 0.183. The van der Waals surface area contributed by atoms with Crippen LogP contribution in [0.15, 0.2) is 15.9 Å². The fraction of sp³-hybridized carbons (Fsp3) is 0.667. The summed E-state index contributed by atoms with van der Waals surface area (Å²) >= 11 is 5.38. The van der Waals surface area contributed by atoms with Gasteiger partial charge in [0.2, 0.25) is 0 Å². The highest BCUT2D eigenvalue weighted by atomic mass is 79.9. The van der Waals surface area contributed by atoms with Gasteiger partial charge in [-0.15, -0.1) is 11.3 Å². The van der Waals surface area contributed by atoms with Gasteiger partial charge in [0.05, 0.1) is 0 Å². The van der Waals surface area contributed by atoms with E-state index >= 15 is 0 Å². The molecule has 1 aliphatic carbocycles. The maximum absolute atomic E-state index is 3.65. The van der Waals surface area contributed by atoms with Gasteiger partial charge in [-0.05, 0) is 40.8 Å². The molecule has 0 amide bonds. The second kappa shape index (κ2) is 4.77. The lowest BCUT2D eigenvalue weighted by Gasteiger charge is -2.33. The summed E-state index contributed by atoms with van der Waals surface area (Å²) in [5.74, 6) is 0.970. The molecule has 0 spiro atoms. The van der Waals surface area contributed by atoms with Gasteiger partial charge in [-0.25, -0.2) is 0 Å². The van der Waals surface area contributed by atoms with E-state index in [-0.39, 0.29) is 0 Å². The van der Waals surface area contributed by atoms with Crippen LogP contribution in [-0.4, -0.2) is 30.6 Å². The molecule has 3 rings (SSSR count). The van der Waals surface area contributed by atoms with Crippen LogP contribution in [0.2, 0.25) is 0 Å². The first-order valence-electron chi connectivity index (χ1n) is 6.00. The van der Waals surface area contributed by atoms with E-state index in [0.29, 0.717) is 0 Å². The van der Waals surface area contributed by atoms with Crippen LogP contribution in [-0.2, 0) is 6.54 Å². The number of halogens is 1. The molecule has 88 valence electrons. The first-order valence-corrected chi connectivity index (χ1v) is 7.67. The summed E-state index contributed by atoms with van der Waals surface area (Å²) in [6.07, 6.45) is 2.88. The van der Waals surface area contributed by atoms with Crippen molar-refractivity contribution in [1.29, 1.82) is 0 Å². The molecular weight excluding hydrogens is 284 g/mol. The van der Waals surface area contributed by atoms with Gasteiger partial charge in [-0.2, -0.15) is 0 Å². The molecule has 1 aromatic rings. The number of nitrogens with zero attached hydrogens (tertiary/aromatic N) is 1. The quantitative estimate of drug-likeness (QED) is 0.923. The summed E-state index contributed by atoms with van der Waals surface area (Å²) in [5.41, 5.74) is 0. The van der Waals surface area contributed by atoms with Gasteiger partial charge in [-0.1, -0.05) is 0 Å². The van der Waals surface area contributed by atoms with Crippen LogP contribution >= 0.6 is 27.3 Å². The third kappa shape index (κ3) is 2.67. The van der Waals surface area contributed by atoms with Gasteiger partial charge in [0, 0.05) is 47.0 Å². The van der Waals surface area contributed by atoms with E-state index in [2.05, 4.69) is 37.6 Å². The van der Waals surface area contributed by atoms with Crippen molar-refractivity contribution in [2.24, 2.45) is 5.92 Å². The number of thiophene rings is 1. The van der Waals surface area contributed by atoms with Crippen molar-refractivity contribution >= 4 is 27.3 Å². The van der Waals surface area contributed by atoms with Gasteiger partial charge < -0.3 is 5.32 Å². The van der Waals surface area contributed by atoms with Gasteiger partial charge in [0.15, 0.2) is 0 Å². The van der Waals surface area contributed by atoms with Crippen molar-refractivity contribution < 1.29 is 0 Å². The van der Waals surface area contributed by atoms with E-state index in [1.165, 1.54) is 35.3 Å². The van der Waals surface area contributed by atoms with Crippen LogP contribution in [0.4, 0.5) is 0 Å². The molecule has 1 aromatic heterocycles. The predicted octanol–water partition coefficient (Wildman–Crippen LogP) is 2.69. The lowest BCUT2D eigenvalue weighted by atomic mass is 10.1. The smallest absolute Gasteiger partial charge is 0.0329 e. The predicted molar refractivity (Wildman–Crippen MR) is 71.8 cm³/mol. The van der Waals surface area contributed by atoms with Crippen molar-refractivity contribution in [3.05, 3.63) is 20.8 Å². The minimum atomic E-state index is 0.761. The van der Waals surface area contributed by atoms with Crippen molar-refractivity contribution in [3.63, 3.8) is 0 Å². The Morgan fingerprint density at radius 3 is 3.06 bits per heavy atom. The average Bonchev–Trinajstić information content (AvgIpc) is 3.05. The molecule has 2 aliphatic rings. The Hall–Kier alpha value is 0.1000. The third-order valence-electron chi connectivity index (χ3n) is 3.48. The Morgan fingerprint density at radius 1 is 1.50 bits per heavy atom. The molecule has 4 heteroatoms. The summed E-state index contributed by atoms with van der Waals surface area (Å²) in [6, 6.07) is 3.01. The zero-order chi connectivity index (χ0) is 11.0. The fourth-order valence-corrected chi connectivity index (χ4v) is 3.95. The molecule has 0 radical (unpaired) electrons.